The molecular weight excluding hydrogens is 211 g/mol. The molecule has 1 aromatic rings. The van der Waals surface area contributed by atoms with Gasteiger partial charge in [-0.05, 0) is 11.6 Å². The monoisotopic (exact) mass is 226 g/mol. The minimum absolute atomic E-state index is 0.0253. The summed E-state index contributed by atoms with van der Waals surface area (Å²) in [5, 5.41) is 2.54. The molecule has 88 valence electrons. The van der Waals surface area contributed by atoms with Crippen LogP contribution in [0.15, 0.2) is 18.2 Å². The Bertz CT molecular complexity index is 369. The Labute approximate surface area is 93.6 Å². The lowest BCUT2D eigenvalue weighted by Gasteiger charge is -2.06. The zero-order chi connectivity index (χ0) is 12.0. The van der Waals surface area contributed by atoms with E-state index in [4.69, 9.17) is 5.73 Å². The summed E-state index contributed by atoms with van der Waals surface area (Å²) in [7, 11) is 1.43. The molecule has 3 N–H and O–H groups in total. The third-order valence-electron chi connectivity index (χ3n) is 2.10. The van der Waals surface area contributed by atoms with E-state index in [1.54, 1.807) is 12.1 Å². The van der Waals surface area contributed by atoms with Gasteiger partial charge in [-0.3, -0.25) is 4.79 Å². The summed E-state index contributed by atoms with van der Waals surface area (Å²) in [6.45, 7) is 0.425. The molecule has 0 bridgehead atoms. The van der Waals surface area contributed by atoms with Gasteiger partial charge in [-0.25, -0.2) is 4.39 Å². The Kier molecular flexibility index (Phi) is 4.88. The summed E-state index contributed by atoms with van der Waals surface area (Å²) < 4.78 is 18.1. The molecule has 1 aromatic carbocycles. The Hall–Kier alpha value is -1.46. The lowest BCUT2D eigenvalue weighted by atomic mass is 10.1. The van der Waals surface area contributed by atoms with E-state index in [1.807, 2.05) is 0 Å². The number of hydrogen-bond acceptors (Lipinski definition) is 3. The van der Waals surface area contributed by atoms with Crippen molar-refractivity contribution in [3.8, 4) is 0 Å². The number of nitrogens with two attached hydrogens (primary N) is 1. The van der Waals surface area contributed by atoms with Crippen molar-refractivity contribution in [1.29, 1.82) is 0 Å². The van der Waals surface area contributed by atoms with E-state index >= 15 is 0 Å². The van der Waals surface area contributed by atoms with Gasteiger partial charge in [0.15, 0.2) is 0 Å². The van der Waals surface area contributed by atoms with E-state index in [2.05, 4.69) is 10.1 Å². The number of rotatable bonds is 5. The van der Waals surface area contributed by atoms with Crippen LogP contribution in [0.2, 0.25) is 0 Å². The molecule has 1 amide bonds. The van der Waals surface area contributed by atoms with E-state index in [9.17, 15) is 9.18 Å². The maximum atomic E-state index is 13.4. The Morgan fingerprint density at radius 2 is 2.31 bits per heavy atom. The summed E-state index contributed by atoms with van der Waals surface area (Å²) in [6.07, 6.45) is 0. The molecule has 0 fully saturated rings. The average Bonchev–Trinajstić information content (AvgIpc) is 2.27. The first kappa shape index (κ1) is 12.6. The number of halogens is 1. The predicted octanol–water partition coefficient (Wildman–Crippen LogP) is 0.547. The van der Waals surface area contributed by atoms with Crippen molar-refractivity contribution >= 4 is 5.91 Å². The summed E-state index contributed by atoms with van der Waals surface area (Å²) in [5.74, 6) is -0.634. The van der Waals surface area contributed by atoms with Crippen molar-refractivity contribution in [3.63, 3.8) is 0 Å². The van der Waals surface area contributed by atoms with Crippen LogP contribution in [-0.2, 0) is 22.6 Å². The Morgan fingerprint density at radius 1 is 1.56 bits per heavy atom. The fourth-order valence-corrected chi connectivity index (χ4v) is 1.24. The molecule has 0 unspecified atom stereocenters. The largest absolute Gasteiger partial charge is 0.375 e. The van der Waals surface area contributed by atoms with Gasteiger partial charge in [0.2, 0.25) is 5.91 Å². The summed E-state index contributed by atoms with van der Waals surface area (Å²) in [6, 6.07) is 4.73. The number of carbonyl (C=O) groups is 1. The molecule has 16 heavy (non-hydrogen) atoms. The molecule has 0 heterocycles. The van der Waals surface area contributed by atoms with Gasteiger partial charge in [0, 0.05) is 25.8 Å². The highest BCUT2D eigenvalue weighted by Gasteiger charge is 2.05. The fraction of sp³-hybridized carbons (Fsp3) is 0.364. The van der Waals surface area contributed by atoms with Crippen LogP contribution in [0.1, 0.15) is 11.1 Å². The molecule has 0 saturated carbocycles. The number of ether oxygens (including phenoxy) is 1. The van der Waals surface area contributed by atoms with Crippen LogP contribution in [0, 0.1) is 5.82 Å². The van der Waals surface area contributed by atoms with E-state index < -0.39 is 0 Å². The molecule has 0 saturated heterocycles. The standard InChI is InChI=1S/C11H15FN2O2/c1-16-7-11(15)14-6-9-3-2-8(5-13)4-10(9)12/h2-4H,5-7,13H2,1H3,(H,14,15). The van der Waals surface area contributed by atoms with Crippen LogP contribution >= 0.6 is 0 Å². The van der Waals surface area contributed by atoms with Crippen LogP contribution in [0.5, 0.6) is 0 Å². The molecule has 0 aliphatic carbocycles. The zero-order valence-corrected chi connectivity index (χ0v) is 9.13. The normalized spacial score (nSPS) is 10.2. The second-order valence-electron chi connectivity index (χ2n) is 3.34. The average molecular weight is 226 g/mol. The van der Waals surface area contributed by atoms with Crippen LogP contribution in [0.3, 0.4) is 0 Å². The number of hydrogen-bond donors (Lipinski definition) is 2. The second-order valence-corrected chi connectivity index (χ2v) is 3.34. The van der Waals surface area contributed by atoms with Crippen LogP contribution in [0.25, 0.3) is 0 Å². The summed E-state index contributed by atoms with van der Waals surface area (Å²) in [5.41, 5.74) is 6.54. The maximum Gasteiger partial charge on any atom is 0.246 e. The number of carbonyl (C=O) groups excluding carboxylic acids is 1. The Morgan fingerprint density at radius 3 is 2.88 bits per heavy atom. The molecule has 5 heteroatoms. The molecule has 0 atom stereocenters. The third kappa shape index (κ3) is 3.60. The lowest BCUT2D eigenvalue weighted by molar-refractivity contribution is -0.124. The molecule has 4 nitrogen and oxygen atoms in total. The molecule has 0 spiro atoms. The van der Waals surface area contributed by atoms with Crippen molar-refractivity contribution < 1.29 is 13.9 Å². The van der Waals surface area contributed by atoms with Crippen LogP contribution in [0.4, 0.5) is 4.39 Å². The highest BCUT2D eigenvalue weighted by Crippen LogP contribution is 2.09. The highest BCUT2D eigenvalue weighted by molar-refractivity contribution is 5.77. The maximum absolute atomic E-state index is 13.4. The van der Waals surface area contributed by atoms with E-state index in [0.29, 0.717) is 12.1 Å². The first-order valence-corrected chi connectivity index (χ1v) is 4.90. The first-order chi connectivity index (χ1) is 7.67. The van der Waals surface area contributed by atoms with Gasteiger partial charge in [-0.1, -0.05) is 12.1 Å². The third-order valence-corrected chi connectivity index (χ3v) is 2.10. The van der Waals surface area contributed by atoms with Crippen molar-refractivity contribution in [3.05, 3.63) is 35.1 Å². The smallest absolute Gasteiger partial charge is 0.246 e. The zero-order valence-electron chi connectivity index (χ0n) is 9.13. The Balaban J connectivity index is 2.57. The van der Waals surface area contributed by atoms with E-state index in [0.717, 1.165) is 5.56 Å². The van der Waals surface area contributed by atoms with E-state index in [-0.39, 0.29) is 24.9 Å². The van der Waals surface area contributed by atoms with Gasteiger partial charge in [-0.15, -0.1) is 0 Å². The van der Waals surface area contributed by atoms with Crippen molar-refractivity contribution in [2.45, 2.75) is 13.1 Å². The van der Waals surface area contributed by atoms with Crippen molar-refractivity contribution in [2.75, 3.05) is 13.7 Å². The van der Waals surface area contributed by atoms with Crippen molar-refractivity contribution in [1.82, 2.24) is 5.32 Å². The minimum Gasteiger partial charge on any atom is -0.375 e. The molecule has 1 rings (SSSR count). The quantitative estimate of drug-likeness (QED) is 0.770. The number of methoxy groups -OCH3 is 1. The van der Waals surface area contributed by atoms with Crippen LogP contribution < -0.4 is 11.1 Å². The summed E-state index contributed by atoms with van der Waals surface area (Å²) in [4.78, 5) is 11.1. The first-order valence-electron chi connectivity index (χ1n) is 4.90. The highest BCUT2D eigenvalue weighted by atomic mass is 19.1. The minimum atomic E-state index is -0.360. The molecular formula is C11H15FN2O2. The SMILES string of the molecule is COCC(=O)NCc1ccc(CN)cc1F. The molecule has 0 aliphatic rings. The van der Waals surface area contributed by atoms with Gasteiger partial charge in [-0.2, -0.15) is 0 Å². The lowest BCUT2D eigenvalue weighted by Crippen LogP contribution is -2.26. The number of amides is 1. The van der Waals surface area contributed by atoms with E-state index in [1.165, 1.54) is 13.2 Å². The summed E-state index contributed by atoms with van der Waals surface area (Å²) >= 11 is 0. The van der Waals surface area contributed by atoms with Gasteiger partial charge >= 0.3 is 0 Å². The molecule has 0 aromatic heterocycles. The molecule has 0 radical (unpaired) electrons. The van der Waals surface area contributed by atoms with Crippen LogP contribution in [-0.4, -0.2) is 19.6 Å². The van der Waals surface area contributed by atoms with Crippen molar-refractivity contribution in [2.24, 2.45) is 5.73 Å². The van der Waals surface area contributed by atoms with Gasteiger partial charge in [0.1, 0.15) is 12.4 Å². The number of nitrogens with one attached hydrogen (secondary N) is 1. The number of benzene rings is 1. The second kappa shape index (κ2) is 6.19. The molecule has 0 aliphatic heterocycles. The topological polar surface area (TPSA) is 64.3 Å². The fourth-order valence-electron chi connectivity index (χ4n) is 1.24. The van der Waals surface area contributed by atoms with Gasteiger partial charge in [0.25, 0.3) is 0 Å². The van der Waals surface area contributed by atoms with Gasteiger partial charge < -0.3 is 15.8 Å². The van der Waals surface area contributed by atoms with Gasteiger partial charge in [0.05, 0.1) is 0 Å². The predicted molar refractivity (Wildman–Crippen MR) is 58.0 cm³/mol.